The van der Waals surface area contributed by atoms with Crippen molar-refractivity contribution in [3.8, 4) is 5.75 Å². The van der Waals surface area contributed by atoms with Crippen molar-refractivity contribution in [2.45, 2.75) is 6.42 Å². The van der Waals surface area contributed by atoms with Gasteiger partial charge in [0.15, 0.2) is 0 Å². The molecule has 21 heavy (non-hydrogen) atoms. The summed E-state index contributed by atoms with van der Waals surface area (Å²) in [6.07, 6.45) is 0.816. The minimum Gasteiger partial charge on any atom is -0.497 e. The van der Waals surface area contributed by atoms with Gasteiger partial charge in [-0.3, -0.25) is 4.79 Å². The van der Waals surface area contributed by atoms with Gasteiger partial charge in [-0.1, -0.05) is 0 Å². The zero-order valence-electron chi connectivity index (χ0n) is 12.1. The Bertz CT molecular complexity index is 503. The zero-order valence-corrected chi connectivity index (χ0v) is 12.1. The highest BCUT2D eigenvalue weighted by Crippen LogP contribution is 2.24. The van der Waals surface area contributed by atoms with Gasteiger partial charge in [0.1, 0.15) is 5.75 Å². The summed E-state index contributed by atoms with van der Waals surface area (Å²) in [6.45, 7) is 0.268. The number of rotatable bonds is 7. The maximum absolute atomic E-state index is 11.9. The molecule has 7 nitrogen and oxygen atoms in total. The minimum atomic E-state index is -0.597. The Morgan fingerprint density at radius 1 is 1.10 bits per heavy atom. The standard InChI is InChI=1S/C14H17NO6/c1-19-9-6-11(13(17)20-2)10(4-5-15-8-16)12(7-9)14(18)21-3/h6-8H,4-5H2,1-3H3,(H,15,16). The summed E-state index contributed by atoms with van der Waals surface area (Å²) >= 11 is 0. The molecule has 1 N–H and O–H groups in total. The molecule has 0 atom stereocenters. The van der Waals surface area contributed by atoms with E-state index in [-0.39, 0.29) is 24.1 Å². The van der Waals surface area contributed by atoms with E-state index in [4.69, 9.17) is 14.2 Å². The second-order valence-electron chi connectivity index (χ2n) is 4.01. The average Bonchev–Trinajstić information content (AvgIpc) is 2.53. The molecule has 0 aliphatic carbocycles. The Hall–Kier alpha value is -2.57. The fourth-order valence-electron chi connectivity index (χ4n) is 1.87. The highest BCUT2D eigenvalue weighted by Gasteiger charge is 2.22. The number of carbonyl (C=O) groups excluding carboxylic acids is 3. The molecule has 1 amide bonds. The van der Waals surface area contributed by atoms with E-state index in [1.54, 1.807) is 0 Å². The van der Waals surface area contributed by atoms with E-state index < -0.39 is 11.9 Å². The molecule has 114 valence electrons. The van der Waals surface area contributed by atoms with E-state index in [1.807, 2.05) is 0 Å². The third kappa shape index (κ3) is 3.95. The Kier molecular flexibility index (Phi) is 6.19. The molecule has 0 aromatic heterocycles. The number of amides is 1. The predicted octanol–water partition coefficient (Wildman–Crippen LogP) is 0.557. The van der Waals surface area contributed by atoms with Crippen LogP contribution in [0.15, 0.2) is 12.1 Å². The summed E-state index contributed by atoms with van der Waals surface area (Å²) in [4.78, 5) is 34.1. The van der Waals surface area contributed by atoms with E-state index in [0.29, 0.717) is 17.7 Å². The number of nitrogens with one attached hydrogen (secondary N) is 1. The summed E-state index contributed by atoms with van der Waals surface area (Å²) < 4.78 is 14.5. The van der Waals surface area contributed by atoms with E-state index in [9.17, 15) is 14.4 Å². The van der Waals surface area contributed by atoms with Crippen LogP contribution in [0.4, 0.5) is 0 Å². The number of methoxy groups -OCH3 is 3. The monoisotopic (exact) mass is 295 g/mol. The number of carbonyl (C=O) groups is 3. The molecule has 1 aromatic rings. The van der Waals surface area contributed by atoms with Crippen LogP contribution < -0.4 is 10.1 Å². The van der Waals surface area contributed by atoms with E-state index >= 15 is 0 Å². The first-order chi connectivity index (χ1) is 10.1. The lowest BCUT2D eigenvalue weighted by molar-refractivity contribution is -0.109. The molecule has 1 aromatic carbocycles. The zero-order chi connectivity index (χ0) is 15.8. The fourth-order valence-corrected chi connectivity index (χ4v) is 1.87. The van der Waals surface area contributed by atoms with Crippen molar-refractivity contribution in [1.29, 1.82) is 0 Å². The predicted molar refractivity (Wildman–Crippen MR) is 73.4 cm³/mol. The Morgan fingerprint density at radius 3 is 2.00 bits per heavy atom. The van der Waals surface area contributed by atoms with Crippen LogP contribution >= 0.6 is 0 Å². The van der Waals surface area contributed by atoms with Crippen molar-refractivity contribution in [2.75, 3.05) is 27.9 Å². The second-order valence-corrected chi connectivity index (χ2v) is 4.01. The number of hydrogen-bond donors (Lipinski definition) is 1. The molecule has 0 aliphatic rings. The summed E-state index contributed by atoms with van der Waals surface area (Å²) in [7, 11) is 3.91. The average molecular weight is 295 g/mol. The van der Waals surface area contributed by atoms with Gasteiger partial charge in [0.25, 0.3) is 0 Å². The van der Waals surface area contributed by atoms with Crippen molar-refractivity contribution in [3.05, 3.63) is 28.8 Å². The van der Waals surface area contributed by atoms with Crippen molar-refractivity contribution in [2.24, 2.45) is 0 Å². The highest BCUT2D eigenvalue weighted by atomic mass is 16.5. The number of benzene rings is 1. The molecule has 0 saturated heterocycles. The summed E-state index contributed by atoms with van der Waals surface area (Å²) in [5.41, 5.74) is 0.832. The van der Waals surface area contributed by atoms with Crippen LogP contribution in [0.2, 0.25) is 0 Å². The largest absolute Gasteiger partial charge is 0.497 e. The molecule has 0 aliphatic heterocycles. The lowest BCUT2D eigenvalue weighted by atomic mass is 9.97. The molecule has 0 unspecified atom stereocenters. The van der Waals surface area contributed by atoms with Crippen LogP contribution in [0.25, 0.3) is 0 Å². The van der Waals surface area contributed by atoms with Crippen LogP contribution in [0, 0.1) is 0 Å². The first kappa shape index (κ1) is 16.5. The topological polar surface area (TPSA) is 90.9 Å². The first-order valence-corrected chi connectivity index (χ1v) is 6.13. The van der Waals surface area contributed by atoms with Crippen LogP contribution in [0.5, 0.6) is 5.75 Å². The Balaban J connectivity index is 3.38. The van der Waals surface area contributed by atoms with Gasteiger partial charge in [-0.05, 0) is 24.1 Å². The van der Waals surface area contributed by atoms with Crippen molar-refractivity contribution >= 4 is 18.3 Å². The minimum absolute atomic E-state index is 0.199. The third-order valence-corrected chi connectivity index (χ3v) is 2.87. The first-order valence-electron chi connectivity index (χ1n) is 6.13. The van der Waals surface area contributed by atoms with Gasteiger partial charge in [-0.2, -0.15) is 0 Å². The molecule has 0 saturated carbocycles. The van der Waals surface area contributed by atoms with Gasteiger partial charge < -0.3 is 19.5 Å². The second kappa shape index (κ2) is 7.88. The third-order valence-electron chi connectivity index (χ3n) is 2.87. The molecule has 1 rings (SSSR count). The fraction of sp³-hybridized carbons (Fsp3) is 0.357. The molecule has 0 bridgehead atoms. The molecule has 0 heterocycles. The molecular weight excluding hydrogens is 278 g/mol. The van der Waals surface area contributed by atoms with Crippen molar-refractivity contribution in [1.82, 2.24) is 5.32 Å². The van der Waals surface area contributed by atoms with Gasteiger partial charge in [0.05, 0.1) is 32.5 Å². The quantitative estimate of drug-likeness (QED) is 0.449. The lowest BCUT2D eigenvalue weighted by Gasteiger charge is -2.14. The molecule has 0 fully saturated rings. The lowest BCUT2D eigenvalue weighted by Crippen LogP contribution is -2.19. The molecule has 7 heteroatoms. The Morgan fingerprint density at radius 2 is 1.62 bits per heavy atom. The Labute approximate surface area is 122 Å². The number of hydrogen-bond acceptors (Lipinski definition) is 6. The summed E-state index contributed by atoms with van der Waals surface area (Å²) in [6, 6.07) is 2.96. The normalized spacial score (nSPS) is 9.67. The highest BCUT2D eigenvalue weighted by molar-refractivity contribution is 5.98. The van der Waals surface area contributed by atoms with Crippen LogP contribution in [-0.2, 0) is 20.7 Å². The van der Waals surface area contributed by atoms with Gasteiger partial charge in [0.2, 0.25) is 6.41 Å². The SMILES string of the molecule is COC(=O)c1cc(OC)cc(C(=O)OC)c1CCNC=O. The molecule has 0 spiro atoms. The van der Waals surface area contributed by atoms with E-state index in [0.717, 1.165) is 0 Å². The molecule has 0 radical (unpaired) electrons. The van der Waals surface area contributed by atoms with E-state index in [2.05, 4.69) is 5.32 Å². The van der Waals surface area contributed by atoms with Crippen molar-refractivity contribution in [3.63, 3.8) is 0 Å². The smallest absolute Gasteiger partial charge is 0.338 e. The maximum Gasteiger partial charge on any atom is 0.338 e. The summed E-state index contributed by atoms with van der Waals surface area (Å²) in [5, 5.41) is 2.48. The molecular formula is C14H17NO6. The van der Waals surface area contributed by atoms with Crippen LogP contribution in [-0.4, -0.2) is 46.2 Å². The maximum atomic E-state index is 11.9. The summed E-state index contributed by atoms with van der Waals surface area (Å²) in [5.74, 6) is -0.858. The van der Waals surface area contributed by atoms with Gasteiger partial charge in [-0.15, -0.1) is 0 Å². The number of ether oxygens (including phenoxy) is 3. The van der Waals surface area contributed by atoms with Gasteiger partial charge in [0, 0.05) is 6.54 Å². The number of esters is 2. The van der Waals surface area contributed by atoms with Gasteiger partial charge in [-0.25, -0.2) is 9.59 Å². The van der Waals surface area contributed by atoms with E-state index in [1.165, 1.54) is 33.5 Å². The van der Waals surface area contributed by atoms with Crippen LogP contribution in [0.1, 0.15) is 26.3 Å². The van der Waals surface area contributed by atoms with Crippen LogP contribution in [0.3, 0.4) is 0 Å². The van der Waals surface area contributed by atoms with Gasteiger partial charge >= 0.3 is 11.9 Å². The van der Waals surface area contributed by atoms with Crippen molar-refractivity contribution < 1.29 is 28.6 Å².